The monoisotopic (exact) mass is 455 g/mol. The summed E-state index contributed by atoms with van der Waals surface area (Å²) in [4.78, 5) is 12.4. The van der Waals surface area contributed by atoms with Gasteiger partial charge in [-0.05, 0) is 37.0 Å². The predicted octanol–water partition coefficient (Wildman–Crippen LogP) is 4.40. The number of sulfone groups is 1. The summed E-state index contributed by atoms with van der Waals surface area (Å²) >= 11 is 0. The molecule has 1 fully saturated rings. The highest BCUT2D eigenvalue weighted by Crippen LogP contribution is 2.40. The number of halogens is 3. The van der Waals surface area contributed by atoms with E-state index in [1.807, 2.05) is 0 Å². The fourth-order valence-corrected chi connectivity index (χ4v) is 4.19. The van der Waals surface area contributed by atoms with Crippen LogP contribution in [0.3, 0.4) is 0 Å². The Bertz CT molecular complexity index is 1320. The molecule has 0 radical (unpaired) electrons. The van der Waals surface area contributed by atoms with E-state index in [4.69, 9.17) is 9.15 Å². The third-order valence-corrected chi connectivity index (χ3v) is 7.01. The number of benzene rings is 1. The quantitative estimate of drug-likeness (QED) is 0.551. The number of pyridine rings is 1. The molecule has 0 aliphatic heterocycles. The van der Waals surface area contributed by atoms with E-state index < -0.39 is 27.3 Å². The second kappa shape index (κ2) is 7.44. The molecule has 0 saturated heterocycles. The second-order valence-electron chi connectivity index (χ2n) is 7.63. The van der Waals surface area contributed by atoms with Gasteiger partial charge in [-0.25, -0.2) is 8.42 Å². The molecule has 1 aliphatic carbocycles. The van der Waals surface area contributed by atoms with E-state index in [9.17, 15) is 26.4 Å². The molecule has 0 spiro atoms. The average Bonchev–Trinajstić information content (AvgIpc) is 3.43. The van der Waals surface area contributed by atoms with Crippen molar-refractivity contribution in [3.63, 3.8) is 0 Å². The maximum atomic E-state index is 13.2. The van der Waals surface area contributed by atoms with Gasteiger partial charge in [0.25, 0.3) is 5.56 Å². The first-order valence-corrected chi connectivity index (χ1v) is 11.4. The van der Waals surface area contributed by atoms with Crippen LogP contribution < -0.4 is 10.3 Å². The Hall–Kier alpha value is -2.75. The van der Waals surface area contributed by atoms with Crippen LogP contribution >= 0.6 is 0 Å². The Morgan fingerprint density at radius 1 is 1.19 bits per heavy atom. The Morgan fingerprint density at radius 3 is 2.52 bits per heavy atom. The first kappa shape index (κ1) is 21.5. The minimum absolute atomic E-state index is 0.00776. The van der Waals surface area contributed by atoms with Crippen molar-refractivity contribution in [3.05, 3.63) is 46.6 Å². The summed E-state index contributed by atoms with van der Waals surface area (Å²) in [5.74, 6) is -0.736. The first-order valence-electron chi connectivity index (χ1n) is 9.71. The minimum Gasteiger partial charge on any atom is -0.493 e. The lowest BCUT2D eigenvalue weighted by atomic mass is 10.0. The van der Waals surface area contributed by atoms with E-state index in [0.717, 1.165) is 17.4 Å². The van der Waals surface area contributed by atoms with Gasteiger partial charge in [0, 0.05) is 30.4 Å². The van der Waals surface area contributed by atoms with Crippen LogP contribution in [0.2, 0.25) is 0 Å². The third kappa shape index (κ3) is 4.08. The molecule has 1 aliphatic rings. The van der Waals surface area contributed by atoms with Crippen LogP contribution in [0.5, 0.6) is 5.75 Å². The minimum atomic E-state index is -4.78. The van der Waals surface area contributed by atoms with Crippen LogP contribution in [0.25, 0.3) is 22.1 Å². The van der Waals surface area contributed by atoms with Crippen molar-refractivity contribution in [2.24, 2.45) is 13.0 Å². The van der Waals surface area contributed by atoms with E-state index in [1.54, 1.807) is 0 Å². The molecular formula is C21H20F3NO5S. The van der Waals surface area contributed by atoms with Gasteiger partial charge in [-0.1, -0.05) is 6.92 Å². The van der Waals surface area contributed by atoms with Crippen LogP contribution in [-0.4, -0.2) is 25.3 Å². The molecule has 4 rings (SSSR count). The fourth-order valence-electron chi connectivity index (χ4n) is 3.28. The smallest absolute Gasteiger partial charge is 0.449 e. The average molecular weight is 455 g/mol. The topological polar surface area (TPSA) is 78.5 Å². The zero-order valence-electron chi connectivity index (χ0n) is 16.8. The molecule has 10 heteroatoms. The zero-order chi connectivity index (χ0) is 22.6. The molecule has 1 saturated carbocycles. The molecule has 0 N–H and O–H groups in total. The highest BCUT2D eigenvalue weighted by Gasteiger charge is 2.36. The molecule has 2 aromatic heterocycles. The molecule has 0 amide bonds. The Morgan fingerprint density at radius 2 is 1.90 bits per heavy atom. The number of nitrogens with zero attached hydrogens (tertiary/aromatic N) is 1. The molecule has 0 bridgehead atoms. The number of hydrogen-bond donors (Lipinski definition) is 0. The number of hydrogen-bond acceptors (Lipinski definition) is 5. The fraction of sp³-hybridized carbons (Fsp3) is 0.381. The second-order valence-corrected chi connectivity index (χ2v) is 9.90. The molecule has 31 heavy (non-hydrogen) atoms. The van der Waals surface area contributed by atoms with Crippen molar-refractivity contribution in [2.75, 3.05) is 12.4 Å². The van der Waals surface area contributed by atoms with Gasteiger partial charge >= 0.3 is 6.18 Å². The standard InChI is InChI=1S/C21H20F3NO5S/c1-3-31(27,28)13-6-7-17(29-11-12-4-5-12)14(8-13)16-10-25(2)20(26)15-9-18(21(22,23)24)30-19(15)16/h6-10,12H,3-5,11H2,1-2H3. The van der Waals surface area contributed by atoms with E-state index >= 15 is 0 Å². The predicted molar refractivity (Wildman–Crippen MR) is 108 cm³/mol. The molecule has 1 aromatic carbocycles. The maximum absolute atomic E-state index is 13.2. The number of ether oxygens (including phenoxy) is 1. The lowest BCUT2D eigenvalue weighted by molar-refractivity contribution is -0.152. The molecule has 166 valence electrons. The number of furan rings is 1. The van der Waals surface area contributed by atoms with Gasteiger partial charge in [-0.3, -0.25) is 4.79 Å². The summed E-state index contributed by atoms with van der Waals surface area (Å²) in [6, 6.07) is 4.92. The van der Waals surface area contributed by atoms with E-state index in [0.29, 0.717) is 24.3 Å². The number of rotatable bonds is 6. The van der Waals surface area contributed by atoms with Crippen LogP contribution in [-0.2, 0) is 23.1 Å². The van der Waals surface area contributed by atoms with E-state index in [-0.39, 0.29) is 32.7 Å². The zero-order valence-corrected chi connectivity index (χ0v) is 17.6. The van der Waals surface area contributed by atoms with Crippen molar-refractivity contribution >= 4 is 20.8 Å². The van der Waals surface area contributed by atoms with Crippen molar-refractivity contribution in [1.82, 2.24) is 4.57 Å². The van der Waals surface area contributed by atoms with Gasteiger partial charge in [0.15, 0.2) is 9.84 Å². The van der Waals surface area contributed by atoms with Crippen molar-refractivity contribution < 1.29 is 30.7 Å². The summed E-state index contributed by atoms with van der Waals surface area (Å²) in [5.41, 5.74) is -0.529. The van der Waals surface area contributed by atoms with Gasteiger partial charge in [0.1, 0.15) is 11.3 Å². The number of aryl methyl sites for hydroxylation is 1. The normalized spacial score (nSPS) is 14.9. The number of aromatic nitrogens is 1. The molecule has 6 nitrogen and oxygen atoms in total. The molecule has 3 aromatic rings. The summed E-state index contributed by atoms with van der Waals surface area (Å²) in [6.45, 7) is 1.91. The Balaban J connectivity index is 1.98. The van der Waals surface area contributed by atoms with Gasteiger partial charge in [0.2, 0.25) is 5.76 Å². The van der Waals surface area contributed by atoms with Crippen LogP contribution in [0.1, 0.15) is 25.5 Å². The number of alkyl halides is 3. The van der Waals surface area contributed by atoms with Gasteiger partial charge < -0.3 is 13.7 Å². The largest absolute Gasteiger partial charge is 0.493 e. The maximum Gasteiger partial charge on any atom is 0.449 e. The third-order valence-electron chi connectivity index (χ3n) is 5.28. The van der Waals surface area contributed by atoms with Crippen molar-refractivity contribution in [3.8, 4) is 16.9 Å². The summed E-state index contributed by atoms with van der Waals surface area (Å²) in [7, 11) is -2.18. The van der Waals surface area contributed by atoms with Crippen LogP contribution in [0.4, 0.5) is 13.2 Å². The summed E-state index contributed by atoms with van der Waals surface area (Å²) < 4.78 is 76.6. The van der Waals surface area contributed by atoms with Crippen molar-refractivity contribution in [2.45, 2.75) is 30.8 Å². The van der Waals surface area contributed by atoms with Gasteiger partial charge in [-0.2, -0.15) is 13.2 Å². The Kier molecular flexibility index (Phi) is 5.15. The highest BCUT2D eigenvalue weighted by atomic mass is 32.2. The molecule has 0 unspecified atom stereocenters. The van der Waals surface area contributed by atoms with Crippen LogP contribution in [0.15, 0.2) is 44.6 Å². The van der Waals surface area contributed by atoms with Gasteiger partial charge in [0.05, 0.1) is 22.6 Å². The van der Waals surface area contributed by atoms with Crippen molar-refractivity contribution in [1.29, 1.82) is 0 Å². The lowest BCUT2D eigenvalue weighted by Gasteiger charge is -2.14. The lowest BCUT2D eigenvalue weighted by Crippen LogP contribution is -2.16. The number of fused-ring (bicyclic) bond motifs is 1. The van der Waals surface area contributed by atoms with Crippen LogP contribution in [0, 0.1) is 5.92 Å². The van der Waals surface area contributed by atoms with E-state index in [1.165, 1.54) is 38.4 Å². The highest BCUT2D eigenvalue weighted by molar-refractivity contribution is 7.91. The summed E-state index contributed by atoms with van der Waals surface area (Å²) in [5, 5.41) is -0.246. The van der Waals surface area contributed by atoms with E-state index in [2.05, 4.69) is 0 Å². The molecule has 2 heterocycles. The first-order chi connectivity index (χ1) is 14.5. The van der Waals surface area contributed by atoms with Gasteiger partial charge in [-0.15, -0.1) is 0 Å². The Labute approximate surface area is 176 Å². The SMILES string of the molecule is CCS(=O)(=O)c1ccc(OCC2CC2)c(-c2cn(C)c(=O)c3cc(C(F)(F)F)oc23)c1. The molecule has 0 atom stereocenters. The summed E-state index contributed by atoms with van der Waals surface area (Å²) in [6.07, 6.45) is -1.40. The molecular weight excluding hydrogens is 435 g/mol.